The summed E-state index contributed by atoms with van der Waals surface area (Å²) in [5.41, 5.74) is 5.82. The van der Waals surface area contributed by atoms with Gasteiger partial charge >= 0.3 is 11.9 Å². The molecule has 6 nitrogen and oxygen atoms in total. The molecule has 0 saturated carbocycles. The number of likely N-dealkylation sites (tertiary alicyclic amines) is 1. The van der Waals surface area contributed by atoms with Gasteiger partial charge in [0.1, 0.15) is 6.54 Å². The fraction of sp³-hybridized carbons (Fsp3) is 0.308. The van der Waals surface area contributed by atoms with Crippen LogP contribution in [0.3, 0.4) is 0 Å². The molecule has 0 radical (unpaired) electrons. The molecule has 1 aliphatic heterocycles. The molecule has 6 heteroatoms. The summed E-state index contributed by atoms with van der Waals surface area (Å²) < 4.78 is 4.67. The van der Waals surface area contributed by atoms with Gasteiger partial charge in [-0.05, 0) is 18.6 Å². The molecule has 1 aromatic rings. The molecule has 0 spiro atoms. The number of nitrogens with two attached hydrogens (primary N) is 1. The minimum Gasteiger partial charge on any atom is -0.388 e. The third-order valence-electron chi connectivity index (χ3n) is 2.87. The van der Waals surface area contributed by atoms with Crippen molar-refractivity contribution in [3.8, 4) is 0 Å². The third-order valence-corrected chi connectivity index (χ3v) is 2.87. The van der Waals surface area contributed by atoms with Gasteiger partial charge in [-0.25, -0.2) is 9.59 Å². The standard InChI is InChI=1S/C13H14N2O4/c14-10-6-7-15(12(10)17)8-11(16)19-13(18)9-4-2-1-3-5-9/h1-5,10H,6-8,14H2/t10-/m0/s1. The molecule has 1 fully saturated rings. The Kier molecular flexibility index (Phi) is 3.91. The first-order chi connectivity index (χ1) is 9.08. The average molecular weight is 262 g/mol. The van der Waals surface area contributed by atoms with Gasteiger partial charge in [-0.3, -0.25) is 4.79 Å². The van der Waals surface area contributed by atoms with E-state index in [0.29, 0.717) is 18.5 Å². The molecule has 100 valence electrons. The Morgan fingerprint density at radius 3 is 2.58 bits per heavy atom. The lowest BCUT2D eigenvalue weighted by atomic mass is 10.2. The number of carbonyl (C=O) groups excluding carboxylic acids is 3. The maximum Gasteiger partial charge on any atom is 0.345 e. The maximum absolute atomic E-state index is 11.6. The van der Waals surface area contributed by atoms with Crippen LogP contribution in [-0.4, -0.2) is 41.9 Å². The molecule has 2 rings (SSSR count). The van der Waals surface area contributed by atoms with Crippen LogP contribution in [0.25, 0.3) is 0 Å². The molecular formula is C13H14N2O4. The van der Waals surface area contributed by atoms with E-state index in [1.165, 1.54) is 4.90 Å². The Balaban J connectivity index is 1.88. The quantitative estimate of drug-likeness (QED) is 0.608. The first-order valence-electron chi connectivity index (χ1n) is 5.92. The van der Waals surface area contributed by atoms with E-state index < -0.39 is 18.0 Å². The number of amides is 1. The van der Waals surface area contributed by atoms with Gasteiger partial charge < -0.3 is 15.4 Å². The van der Waals surface area contributed by atoms with Gasteiger partial charge in [0.25, 0.3) is 0 Å². The number of carbonyl (C=O) groups is 3. The van der Waals surface area contributed by atoms with Crippen LogP contribution in [0.2, 0.25) is 0 Å². The number of hydrogen-bond donors (Lipinski definition) is 1. The highest BCUT2D eigenvalue weighted by atomic mass is 16.6. The topological polar surface area (TPSA) is 89.7 Å². The summed E-state index contributed by atoms with van der Waals surface area (Å²) in [7, 11) is 0. The molecule has 1 aromatic carbocycles. The van der Waals surface area contributed by atoms with E-state index >= 15 is 0 Å². The Morgan fingerprint density at radius 1 is 1.32 bits per heavy atom. The molecule has 1 aliphatic rings. The molecule has 0 bridgehead atoms. The summed E-state index contributed by atoms with van der Waals surface area (Å²) in [5.74, 6) is -1.76. The van der Waals surface area contributed by atoms with Gasteiger partial charge in [0.05, 0.1) is 11.6 Å². The number of hydrogen-bond acceptors (Lipinski definition) is 5. The second-order valence-electron chi connectivity index (χ2n) is 4.28. The summed E-state index contributed by atoms with van der Waals surface area (Å²) in [5, 5.41) is 0. The molecule has 2 N–H and O–H groups in total. The normalized spacial score (nSPS) is 18.5. The largest absolute Gasteiger partial charge is 0.388 e. The SMILES string of the molecule is N[C@H]1CCN(CC(=O)OC(=O)c2ccccc2)C1=O. The van der Waals surface area contributed by atoms with Gasteiger partial charge in [-0.1, -0.05) is 18.2 Å². The smallest absolute Gasteiger partial charge is 0.345 e. The molecule has 1 atom stereocenters. The minimum atomic E-state index is -0.753. The highest BCUT2D eigenvalue weighted by Gasteiger charge is 2.30. The van der Waals surface area contributed by atoms with Crippen molar-refractivity contribution in [2.75, 3.05) is 13.1 Å². The van der Waals surface area contributed by atoms with Crippen molar-refractivity contribution in [3.63, 3.8) is 0 Å². The van der Waals surface area contributed by atoms with Gasteiger partial charge in [-0.2, -0.15) is 0 Å². The van der Waals surface area contributed by atoms with Crippen LogP contribution >= 0.6 is 0 Å². The number of ether oxygens (including phenoxy) is 1. The van der Waals surface area contributed by atoms with E-state index in [1.807, 2.05) is 0 Å². The number of rotatable bonds is 3. The highest BCUT2D eigenvalue weighted by Crippen LogP contribution is 2.09. The Labute approximate surface area is 110 Å². The second kappa shape index (κ2) is 5.62. The van der Waals surface area contributed by atoms with E-state index in [0.717, 1.165) is 0 Å². The predicted molar refractivity (Wildman–Crippen MR) is 66.0 cm³/mol. The van der Waals surface area contributed by atoms with E-state index in [1.54, 1.807) is 30.3 Å². The van der Waals surface area contributed by atoms with Crippen LogP contribution in [0.4, 0.5) is 0 Å². The van der Waals surface area contributed by atoms with E-state index in [4.69, 9.17) is 5.73 Å². The molecular weight excluding hydrogens is 248 g/mol. The molecule has 19 heavy (non-hydrogen) atoms. The lowest BCUT2D eigenvalue weighted by molar-refractivity contribution is -0.143. The summed E-state index contributed by atoms with van der Waals surface area (Å²) in [4.78, 5) is 36.0. The van der Waals surface area contributed by atoms with Gasteiger partial charge in [0.2, 0.25) is 5.91 Å². The molecule has 0 aliphatic carbocycles. The molecule has 1 amide bonds. The second-order valence-corrected chi connectivity index (χ2v) is 4.28. The van der Waals surface area contributed by atoms with Gasteiger partial charge in [0, 0.05) is 6.54 Å². The molecule has 1 heterocycles. The van der Waals surface area contributed by atoms with E-state index in [-0.39, 0.29) is 12.5 Å². The Morgan fingerprint density at radius 2 is 2.00 bits per heavy atom. The summed E-state index contributed by atoms with van der Waals surface area (Å²) in [6.07, 6.45) is 0.513. The zero-order chi connectivity index (χ0) is 13.8. The number of esters is 2. The highest BCUT2D eigenvalue weighted by molar-refractivity contribution is 5.98. The first-order valence-corrected chi connectivity index (χ1v) is 5.92. The summed E-state index contributed by atoms with van der Waals surface area (Å²) in [6, 6.07) is 7.63. The first kappa shape index (κ1) is 13.2. The maximum atomic E-state index is 11.6. The van der Waals surface area contributed by atoms with Crippen LogP contribution in [-0.2, 0) is 14.3 Å². The predicted octanol–water partition coefficient (Wildman–Crippen LogP) is -0.0704. The third kappa shape index (κ3) is 3.17. The van der Waals surface area contributed by atoms with E-state index in [9.17, 15) is 14.4 Å². The van der Waals surface area contributed by atoms with Crippen molar-refractivity contribution in [1.82, 2.24) is 4.90 Å². The van der Waals surface area contributed by atoms with Crippen LogP contribution in [0.5, 0.6) is 0 Å². The zero-order valence-electron chi connectivity index (χ0n) is 10.2. The fourth-order valence-corrected chi connectivity index (χ4v) is 1.84. The van der Waals surface area contributed by atoms with Crippen molar-refractivity contribution in [1.29, 1.82) is 0 Å². The number of benzene rings is 1. The Hall–Kier alpha value is -2.21. The molecule has 0 unspecified atom stereocenters. The van der Waals surface area contributed by atoms with Crippen LogP contribution in [0.1, 0.15) is 16.8 Å². The average Bonchev–Trinajstić information content (AvgIpc) is 2.71. The lowest BCUT2D eigenvalue weighted by Crippen LogP contribution is -2.38. The molecule has 1 saturated heterocycles. The minimum absolute atomic E-state index is 0.245. The fourth-order valence-electron chi connectivity index (χ4n) is 1.84. The summed E-state index contributed by atoms with van der Waals surface area (Å²) in [6.45, 7) is 0.166. The van der Waals surface area contributed by atoms with Crippen molar-refractivity contribution >= 4 is 17.8 Å². The monoisotopic (exact) mass is 262 g/mol. The van der Waals surface area contributed by atoms with Gasteiger partial charge in [-0.15, -0.1) is 0 Å². The van der Waals surface area contributed by atoms with Crippen molar-refractivity contribution < 1.29 is 19.1 Å². The van der Waals surface area contributed by atoms with Crippen molar-refractivity contribution in [3.05, 3.63) is 35.9 Å². The van der Waals surface area contributed by atoms with Crippen LogP contribution in [0.15, 0.2) is 30.3 Å². The van der Waals surface area contributed by atoms with E-state index in [2.05, 4.69) is 4.74 Å². The van der Waals surface area contributed by atoms with Crippen LogP contribution < -0.4 is 5.73 Å². The zero-order valence-corrected chi connectivity index (χ0v) is 10.2. The summed E-state index contributed by atoms with van der Waals surface area (Å²) >= 11 is 0. The van der Waals surface area contributed by atoms with Crippen molar-refractivity contribution in [2.45, 2.75) is 12.5 Å². The van der Waals surface area contributed by atoms with Crippen LogP contribution in [0, 0.1) is 0 Å². The van der Waals surface area contributed by atoms with Crippen molar-refractivity contribution in [2.24, 2.45) is 5.73 Å². The molecule has 0 aromatic heterocycles. The number of nitrogens with zero attached hydrogens (tertiary/aromatic N) is 1. The lowest BCUT2D eigenvalue weighted by Gasteiger charge is -2.14. The Bertz CT molecular complexity index is 501. The van der Waals surface area contributed by atoms with Gasteiger partial charge in [0.15, 0.2) is 0 Å².